The van der Waals surface area contributed by atoms with Gasteiger partial charge in [-0.05, 0) is 31.2 Å². The molecule has 0 bridgehead atoms. The van der Waals surface area contributed by atoms with E-state index in [2.05, 4.69) is 10.3 Å². The van der Waals surface area contributed by atoms with E-state index in [1.54, 1.807) is 25.3 Å². The van der Waals surface area contributed by atoms with E-state index in [0.29, 0.717) is 23.6 Å². The van der Waals surface area contributed by atoms with Crippen molar-refractivity contribution >= 4 is 11.6 Å². The molecule has 0 fully saturated rings. The summed E-state index contributed by atoms with van der Waals surface area (Å²) in [6.45, 7) is 2.18. The van der Waals surface area contributed by atoms with Gasteiger partial charge in [0.25, 0.3) is 5.91 Å². The van der Waals surface area contributed by atoms with E-state index in [1.165, 1.54) is 24.4 Å². The number of carbonyl (C=O) groups is 1. The summed E-state index contributed by atoms with van der Waals surface area (Å²) in [5.74, 6) is -0.428. The van der Waals surface area contributed by atoms with Gasteiger partial charge in [-0.1, -0.05) is 0 Å². The molecule has 1 N–H and O–H groups in total. The van der Waals surface area contributed by atoms with Crippen molar-refractivity contribution in [2.75, 3.05) is 11.9 Å². The maximum absolute atomic E-state index is 13.1. The number of halogens is 1. The molecule has 5 heteroatoms. The molecule has 2 aromatic rings. The van der Waals surface area contributed by atoms with Crippen LogP contribution < -0.4 is 10.1 Å². The summed E-state index contributed by atoms with van der Waals surface area (Å²) < 4.78 is 18.4. The summed E-state index contributed by atoms with van der Waals surface area (Å²) in [5.41, 5.74) is 0.853. The van der Waals surface area contributed by atoms with Gasteiger partial charge in [-0.15, -0.1) is 0 Å². The van der Waals surface area contributed by atoms with Gasteiger partial charge in [-0.25, -0.2) is 4.39 Å². The second-order valence-corrected chi connectivity index (χ2v) is 3.77. The van der Waals surface area contributed by atoms with Gasteiger partial charge in [0.2, 0.25) is 0 Å². The van der Waals surface area contributed by atoms with Crippen molar-refractivity contribution in [3.05, 3.63) is 54.1 Å². The maximum atomic E-state index is 13.1. The molecule has 2 rings (SSSR count). The standard InChI is InChI=1S/C14H13FN2O2/c1-2-19-13-8-11(15)5-6-12(13)17-14(18)10-4-3-7-16-9-10/h3-9H,2H2,1H3,(H,17,18). The molecule has 0 saturated heterocycles. The summed E-state index contributed by atoms with van der Waals surface area (Å²) in [6.07, 6.45) is 3.04. The third-order valence-electron chi connectivity index (χ3n) is 2.42. The molecule has 0 spiro atoms. The lowest BCUT2D eigenvalue weighted by Gasteiger charge is -2.11. The van der Waals surface area contributed by atoms with Crippen LogP contribution in [0.2, 0.25) is 0 Å². The Morgan fingerprint density at radius 2 is 2.26 bits per heavy atom. The maximum Gasteiger partial charge on any atom is 0.257 e. The number of benzene rings is 1. The van der Waals surface area contributed by atoms with E-state index in [1.807, 2.05) is 0 Å². The van der Waals surface area contributed by atoms with E-state index < -0.39 is 5.82 Å². The Morgan fingerprint density at radius 1 is 1.42 bits per heavy atom. The molecular weight excluding hydrogens is 247 g/mol. The lowest BCUT2D eigenvalue weighted by Crippen LogP contribution is -2.13. The van der Waals surface area contributed by atoms with Crippen LogP contribution in [0.5, 0.6) is 5.75 Å². The Kier molecular flexibility index (Phi) is 4.07. The van der Waals surface area contributed by atoms with Gasteiger partial charge in [0, 0.05) is 18.5 Å². The molecule has 0 atom stereocenters. The minimum absolute atomic E-state index is 0.305. The number of pyridine rings is 1. The van der Waals surface area contributed by atoms with E-state index in [0.717, 1.165) is 0 Å². The number of rotatable bonds is 4. The number of nitrogens with zero attached hydrogens (tertiary/aromatic N) is 1. The molecule has 0 aliphatic rings. The predicted molar refractivity (Wildman–Crippen MR) is 69.8 cm³/mol. The van der Waals surface area contributed by atoms with Gasteiger partial charge < -0.3 is 10.1 Å². The third-order valence-corrected chi connectivity index (χ3v) is 2.42. The van der Waals surface area contributed by atoms with Crippen molar-refractivity contribution in [1.82, 2.24) is 4.98 Å². The highest BCUT2D eigenvalue weighted by Crippen LogP contribution is 2.25. The number of aromatic nitrogens is 1. The molecule has 1 amide bonds. The van der Waals surface area contributed by atoms with Crippen molar-refractivity contribution < 1.29 is 13.9 Å². The second-order valence-electron chi connectivity index (χ2n) is 3.77. The topological polar surface area (TPSA) is 51.2 Å². The van der Waals surface area contributed by atoms with Gasteiger partial charge in [-0.3, -0.25) is 9.78 Å². The molecule has 98 valence electrons. The van der Waals surface area contributed by atoms with Crippen LogP contribution in [0.3, 0.4) is 0 Å². The summed E-state index contributed by atoms with van der Waals surface area (Å²) >= 11 is 0. The summed E-state index contributed by atoms with van der Waals surface area (Å²) in [4.78, 5) is 15.8. The lowest BCUT2D eigenvalue weighted by atomic mass is 10.2. The van der Waals surface area contributed by atoms with E-state index in [9.17, 15) is 9.18 Å². The Morgan fingerprint density at radius 3 is 2.95 bits per heavy atom. The molecular formula is C14H13FN2O2. The van der Waals surface area contributed by atoms with Crippen molar-refractivity contribution in [1.29, 1.82) is 0 Å². The first-order valence-electron chi connectivity index (χ1n) is 5.84. The highest BCUT2D eigenvalue weighted by molar-refractivity contribution is 6.04. The molecule has 1 heterocycles. The van der Waals surface area contributed by atoms with E-state index in [-0.39, 0.29) is 5.91 Å². The quantitative estimate of drug-likeness (QED) is 0.919. The van der Waals surface area contributed by atoms with Crippen molar-refractivity contribution in [2.24, 2.45) is 0 Å². The van der Waals surface area contributed by atoms with Gasteiger partial charge in [0.05, 0.1) is 17.9 Å². The van der Waals surface area contributed by atoms with Crippen LogP contribution in [0.25, 0.3) is 0 Å². The van der Waals surface area contributed by atoms with E-state index >= 15 is 0 Å². The van der Waals surface area contributed by atoms with Crippen LogP contribution in [0, 0.1) is 5.82 Å². The zero-order valence-electron chi connectivity index (χ0n) is 10.4. The number of anilines is 1. The van der Waals surface area contributed by atoms with Crippen molar-refractivity contribution in [3.63, 3.8) is 0 Å². The highest BCUT2D eigenvalue weighted by atomic mass is 19.1. The fraction of sp³-hybridized carbons (Fsp3) is 0.143. The summed E-state index contributed by atoms with van der Waals surface area (Å²) in [5, 5.41) is 2.67. The van der Waals surface area contributed by atoms with Crippen LogP contribution in [-0.4, -0.2) is 17.5 Å². The van der Waals surface area contributed by atoms with Gasteiger partial charge >= 0.3 is 0 Å². The van der Waals surface area contributed by atoms with Gasteiger partial charge in [0.15, 0.2) is 0 Å². The fourth-order valence-corrected chi connectivity index (χ4v) is 1.57. The molecule has 19 heavy (non-hydrogen) atoms. The predicted octanol–water partition coefficient (Wildman–Crippen LogP) is 2.87. The first-order chi connectivity index (χ1) is 9.20. The molecule has 0 radical (unpaired) electrons. The molecule has 0 unspecified atom stereocenters. The smallest absolute Gasteiger partial charge is 0.257 e. The number of ether oxygens (including phenoxy) is 1. The molecule has 0 aliphatic carbocycles. The third kappa shape index (κ3) is 3.28. The minimum atomic E-state index is -0.414. The van der Waals surface area contributed by atoms with Crippen LogP contribution in [0.1, 0.15) is 17.3 Å². The van der Waals surface area contributed by atoms with Gasteiger partial charge in [0.1, 0.15) is 11.6 Å². The van der Waals surface area contributed by atoms with E-state index in [4.69, 9.17) is 4.74 Å². The highest BCUT2D eigenvalue weighted by Gasteiger charge is 2.10. The Balaban J connectivity index is 2.21. The molecule has 1 aromatic carbocycles. The normalized spacial score (nSPS) is 10.0. The fourth-order valence-electron chi connectivity index (χ4n) is 1.57. The number of amides is 1. The van der Waals surface area contributed by atoms with Crippen LogP contribution in [-0.2, 0) is 0 Å². The average molecular weight is 260 g/mol. The Hall–Kier alpha value is -2.43. The molecule has 4 nitrogen and oxygen atoms in total. The zero-order chi connectivity index (χ0) is 13.7. The monoisotopic (exact) mass is 260 g/mol. The molecule has 0 aliphatic heterocycles. The van der Waals surface area contributed by atoms with Crippen molar-refractivity contribution in [2.45, 2.75) is 6.92 Å². The van der Waals surface area contributed by atoms with Crippen LogP contribution in [0.15, 0.2) is 42.7 Å². The first kappa shape index (κ1) is 13.0. The summed E-state index contributed by atoms with van der Waals surface area (Å²) in [7, 11) is 0. The lowest BCUT2D eigenvalue weighted by molar-refractivity contribution is 0.102. The Bertz CT molecular complexity index is 573. The Labute approximate surface area is 110 Å². The van der Waals surface area contributed by atoms with Crippen LogP contribution >= 0.6 is 0 Å². The SMILES string of the molecule is CCOc1cc(F)ccc1NC(=O)c1cccnc1. The molecule has 0 saturated carbocycles. The molecule has 1 aromatic heterocycles. The average Bonchev–Trinajstić information content (AvgIpc) is 2.43. The van der Waals surface area contributed by atoms with Crippen molar-refractivity contribution in [3.8, 4) is 5.75 Å². The van der Waals surface area contributed by atoms with Gasteiger partial charge in [-0.2, -0.15) is 0 Å². The van der Waals surface area contributed by atoms with Crippen LogP contribution in [0.4, 0.5) is 10.1 Å². The number of hydrogen-bond donors (Lipinski definition) is 1. The largest absolute Gasteiger partial charge is 0.492 e. The zero-order valence-corrected chi connectivity index (χ0v) is 10.4. The first-order valence-corrected chi connectivity index (χ1v) is 5.84. The second kappa shape index (κ2) is 5.95. The number of carbonyl (C=O) groups excluding carboxylic acids is 1. The number of hydrogen-bond acceptors (Lipinski definition) is 3. The summed E-state index contributed by atoms with van der Waals surface area (Å²) in [6, 6.07) is 7.29. The number of nitrogens with one attached hydrogen (secondary N) is 1. The minimum Gasteiger partial charge on any atom is -0.492 e.